The molecule has 1 aromatic rings. The van der Waals surface area contributed by atoms with Crippen LogP contribution in [0.5, 0.6) is 0 Å². The van der Waals surface area contributed by atoms with E-state index < -0.39 is 10.7 Å². The van der Waals surface area contributed by atoms with E-state index in [0.717, 1.165) is 24.8 Å². The molecule has 3 heteroatoms. The Kier molecular flexibility index (Phi) is 5.40. The van der Waals surface area contributed by atoms with Crippen molar-refractivity contribution in [2.24, 2.45) is 0 Å². The maximum absolute atomic E-state index is 10.5. The van der Waals surface area contributed by atoms with Crippen LogP contribution in [0.4, 0.5) is 0 Å². The number of hydrogen-bond donors (Lipinski definition) is 1. The molecule has 0 aliphatic rings. The molecular formula is C12H17O2S. The third-order valence-corrected chi connectivity index (χ3v) is 2.88. The molecule has 0 saturated carbocycles. The van der Waals surface area contributed by atoms with Crippen LogP contribution in [-0.4, -0.2) is 8.42 Å². The van der Waals surface area contributed by atoms with Gasteiger partial charge in [0.05, 0.1) is 5.75 Å². The molecule has 0 spiro atoms. The van der Waals surface area contributed by atoms with E-state index in [4.69, 9.17) is 0 Å². The summed E-state index contributed by atoms with van der Waals surface area (Å²) in [4.78, 5) is 0. The molecule has 0 saturated heterocycles. The van der Waals surface area contributed by atoms with Crippen molar-refractivity contribution in [3.63, 3.8) is 0 Å². The molecule has 15 heavy (non-hydrogen) atoms. The fourth-order valence-electron chi connectivity index (χ4n) is 1.43. The molecule has 1 radical (unpaired) electrons. The number of hydrogen-bond acceptors (Lipinski definition) is 2. The van der Waals surface area contributed by atoms with Gasteiger partial charge in [0.15, 0.2) is 0 Å². The van der Waals surface area contributed by atoms with Gasteiger partial charge >= 0.3 is 0 Å². The first-order valence-corrected chi connectivity index (χ1v) is 6.60. The number of aryl methyl sites for hydroxylation is 1. The van der Waals surface area contributed by atoms with Crippen LogP contribution in [0.1, 0.15) is 30.9 Å². The lowest BCUT2D eigenvalue weighted by molar-refractivity contribution is 0.614. The van der Waals surface area contributed by atoms with Gasteiger partial charge in [-0.2, -0.15) is 0 Å². The molecule has 0 atom stereocenters. The molecule has 0 aliphatic carbocycles. The van der Waals surface area contributed by atoms with Gasteiger partial charge in [-0.25, -0.2) is 8.42 Å². The molecule has 0 bridgehead atoms. The van der Waals surface area contributed by atoms with Gasteiger partial charge in [-0.15, -0.1) is 0 Å². The first-order valence-electron chi connectivity index (χ1n) is 5.23. The lowest BCUT2D eigenvalue weighted by Gasteiger charge is -2.01. The molecule has 0 fully saturated rings. The zero-order chi connectivity index (χ0) is 11.1. The molecule has 0 heterocycles. The Labute approximate surface area is 93.3 Å². The van der Waals surface area contributed by atoms with E-state index in [1.54, 1.807) is 0 Å². The van der Waals surface area contributed by atoms with Crippen molar-refractivity contribution in [3.05, 3.63) is 41.8 Å². The van der Waals surface area contributed by atoms with Crippen molar-refractivity contribution in [1.29, 1.82) is 0 Å². The molecule has 1 rings (SSSR count). The van der Waals surface area contributed by atoms with Crippen LogP contribution in [0.3, 0.4) is 0 Å². The highest BCUT2D eigenvalue weighted by Gasteiger charge is 1.96. The second-order valence-corrected chi connectivity index (χ2v) is 4.52. The smallest absolute Gasteiger partial charge is 0.144 e. The lowest BCUT2D eigenvalue weighted by atomic mass is 10.1. The summed E-state index contributed by atoms with van der Waals surface area (Å²) in [7, 11) is -2.31. The summed E-state index contributed by atoms with van der Waals surface area (Å²) in [5, 5.41) is 0. The molecule has 83 valence electrons. The molecule has 0 unspecified atom stereocenters. The van der Waals surface area contributed by atoms with Gasteiger partial charge in [0.25, 0.3) is 0 Å². The summed E-state index contributed by atoms with van der Waals surface area (Å²) in [5.74, 6) is 0.150. The van der Waals surface area contributed by atoms with Crippen molar-refractivity contribution in [2.75, 3.05) is 0 Å². The minimum Gasteiger partial charge on any atom is -0.232 e. The predicted molar refractivity (Wildman–Crippen MR) is 63.4 cm³/mol. The summed E-state index contributed by atoms with van der Waals surface area (Å²) < 4.78 is 21.0. The first-order chi connectivity index (χ1) is 7.22. The summed E-state index contributed by atoms with van der Waals surface area (Å²) in [6.45, 7) is 2.13. The van der Waals surface area contributed by atoms with Crippen molar-refractivity contribution >= 4 is 10.7 Å². The van der Waals surface area contributed by atoms with Crippen molar-refractivity contribution < 1.29 is 8.42 Å². The Morgan fingerprint density at radius 3 is 2.27 bits per heavy atom. The molecule has 0 aliphatic heterocycles. The highest BCUT2D eigenvalue weighted by molar-refractivity contribution is 7.71. The fraction of sp³-hybridized carbons (Fsp3) is 0.417. The summed E-state index contributed by atoms with van der Waals surface area (Å²) >= 11 is 0. The largest absolute Gasteiger partial charge is 0.232 e. The molecule has 0 N–H and O–H groups in total. The molecular weight excluding hydrogens is 208 g/mol. The Bertz CT molecular complexity index is 344. The second-order valence-electron chi connectivity index (χ2n) is 3.54. The second kappa shape index (κ2) is 6.62. The lowest BCUT2D eigenvalue weighted by Crippen LogP contribution is -1.89. The van der Waals surface area contributed by atoms with Gasteiger partial charge in [0.1, 0.15) is 10.7 Å². The highest BCUT2D eigenvalue weighted by Crippen LogP contribution is 2.09. The predicted octanol–water partition coefficient (Wildman–Crippen LogP) is 2.34. The Hall–Kier alpha value is -0.830. The Balaban J connectivity index is 2.48. The van der Waals surface area contributed by atoms with Gasteiger partial charge < -0.3 is 0 Å². The summed E-state index contributed by atoms with van der Waals surface area (Å²) in [6, 6.07) is 7.81. The van der Waals surface area contributed by atoms with Gasteiger partial charge in [-0.1, -0.05) is 37.6 Å². The zero-order valence-electron chi connectivity index (χ0n) is 8.98. The normalized spacial score (nSPS) is 10.8. The maximum atomic E-state index is 10.5. The van der Waals surface area contributed by atoms with Crippen molar-refractivity contribution in [2.45, 2.75) is 31.9 Å². The van der Waals surface area contributed by atoms with Crippen LogP contribution in [-0.2, 0) is 22.9 Å². The van der Waals surface area contributed by atoms with E-state index >= 15 is 0 Å². The van der Waals surface area contributed by atoms with Crippen molar-refractivity contribution in [1.82, 2.24) is 0 Å². The molecule has 0 amide bonds. The third kappa shape index (κ3) is 4.98. The van der Waals surface area contributed by atoms with Gasteiger partial charge in [-0.3, -0.25) is 0 Å². The average Bonchev–Trinajstić information content (AvgIpc) is 2.20. The quantitative estimate of drug-likeness (QED) is 0.595. The Morgan fingerprint density at radius 1 is 1.13 bits per heavy atom. The van der Waals surface area contributed by atoms with E-state index in [9.17, 15) is 8.42 Å². The fourth-order valence-corrected chi connectivity index (χ4v) is 1.94. The van der Waals surface area contributed by atoms with Crippen LogP contribution in [0.2, 0.25) is 0 Å². The van der Waals surface area contributed by atoms with E-state index in [2.05, 4.69) is 13.3 Å². The SMILES string of the molecule is CC[CH]CCc1ccc(C[SH](=O)=O)cc1. The standard InChI is InChI=1S/C12H17O2S/c1-2-3-4-5-11-6-8-12(9-7-11)10-15(13)14/h3,6-9,15H,2,4-5,10H2,1H3. The summed E-state index contributed by atoms with van der Waals surface area (Å²) in [5.41, 5.74) is 2.14. The van der Waals surface area contributed by atoms with E-state index in [1.165, 1.54) is 5.56 Å². The minimum absolute atomic E-state index is 0.150. The molecule has 0 aromatic heterocycles. The average molecular weight is 225 g/mol. The van der Waals surface area contributed by atoms with Crippen LogP contribution in [0.15, 0.2) is 24.3 Å². The van der Waals surface area contributed by atoms with Crippen LogP contribution in [0.25, 0.3) is 0 Å². The van der Waals surface area contributed by atoms with E-state index in [1.807, 2.05) is 24.3 Å². The van der Waals surface area contributed by atoms with E-state index in [0.29, 0.717) is 0 Å². The summed E-state index contributed by atoms with van der Waals surface area (Å²) in [6.07, 6.45) is 5.49. The zero-order valence-corrected chi connectivity index (χ0v) is 9.87. The number of thiol groups is 1. The molecule has 2 nitrogen and oxygen atoms in total. The van der Waals surface area contributed by atoms with Gasteiger partial charge in [-0.05, 0) is 30.4 Å². The maximum Gasteiger partial charge on any atom is 0.144 e. The van der Waals surface area contributed by atoms with Gasteiger partial charge in [0, 0.05) is 0 Å². The minimum atomic E-state index is -2.31. The Morgan fingerprint density at radius 2 is 1.73 bits per heavy atom. The first kappa shape index (κ1) is 12.2. The van der Waals surface area contributed by atoms with E-state index in [-0.39, 0.29) is 5.75 Å². The molecule has 1 aromatic carbocycles. The van der Waals surface area contributed by atoms with Crippen LogP contribution in [0, 0.1) is 6.42 Å². The van der Waals surface area contributed by atoms with Crippen molar-refractivity contribution in [3.8, 4) is 0 Å². The third-order valence-electron chi connectivity index (χ3n) is 2.26. The number of unbranched alkanes of at least 4 members (excludes halogenated alkanes) is 2. The highest BCUT2D eigenvalue weighted by atomic mass is 32.2. The van der Waals surface area contributed by atoms with Gasteiger partial charge in [0.2, 0.25) is 0 Å². The number of benzene rings is 1. The topological polar surface area (TPSA) is 34.1 Å². The monoisotopic (exact) mass is 225 g/mol. The van der Waals surface area contributed by atoms with Crippen LogP contribution < -0.4 is 0 Å². The number of rotatable bonds is 6. The van der Waals surface area contributed by atoms with Crippen LogP contribution >= 0.6 is 0 Å².